The molecule has 3 aromatic carbocycles. The maximum atomic E-state index is 4.37. The van der Waals surface area contributed by atoms with Crippen LogP contribution in [-0.4, -0.2) is 14.1 Å². The zero-order valence-corrected chi connectivity index (χ0v) is 17.3. The number of rotatable bonds is 2. The summed E-state index contributed by atoms with van der Waals surface area (Å²) in [6, 6.07) is 27.9. The smallest absolute Gasteiger partial charge is 0.124 e. The van der Waals surface area contributed by atoms with E-state index in [0.29, 0.717) is 0 Å². The van der Waals surface area contributed by atoms with Gasteiger partial charge in [0, 0.05) is 33.9 Å². The Kier molecular flexibility index (Phi) is 3.58. The number of hydrogen-bond acceptors (Lipinski definition) is 2. The number of benzene rings is 3. The molecule has 1 aliphatic heterocycles. The monoisotopic (exact) mass is 412 g/mol. The third-order valence-corrected chi connectivity index (χ3v) is 6.45. The van der Waals surface area contributed by atoms with Gasteiger partial charge < -0.3 is 9.88 Å². The Bertz CT molecular complexity index is 1610. The highest BCUT2D eigenvalue weighted by atomic mass is 15.3. The summed E-state index contributed by atoms with van der Waals surface area (Å²) in [5.74, 6) is 1.05. The van der Waals surface area contributed by atoms with Crippen molar-refractivity contribution < 1.29 is 0 Å². The van der Waals surface area contributed by atoms with Crippen molar-refractivity contribution in [2.45, 2.75) is 6.17 Å². The highest BCUT2D eigenvalue weighted by Crippen LogP contribution is 2.35. The van der Waals surface area contributed by atoms with Crippen LogP contribution in [0.15, 0.2) is 109 Å². The molecule has 1 aliphatic rings. The third-order valence-electron chi connectivity index (χ3n) is 6.45. The fourth-order valence-electron chi connectivity index (χ4n) is 5.12. The van der Waals surface area contributed by atoms with Gasteiger partial charge in [0.2, 0.25) is 0 Å². The topological polar surface area (TPSA) is 34.8 Å². The zero-order valence-electron chi connectivity index (χ0n) is 17.3. The number of aromatic nitrogens is 3. The summed E-state index contributed by atoms with van der Waals surface area (Å²) in [5.41, 5.74) is 4.77. The van der Waals surface area contributed by atoms with Gasteiger partial charge in [-0.25, -0.2) is 0 Å². The molecule has 7 rings (SSSR count). The van der Waals surface area contributed by atoms with E-state index in [1.54, 1.807) is 0 Å². The van der Waals surface area contributed by atoms with Crippen LogP contribution in [0.5, 0.6) is 0 Å². The Hall–Kier alpha value is -4.31. The van der Waals surface area contributed by atoms with E-state index in [9.17, 15) is 0 Å². The number of nitrogens with zero attached hydrogens (tertiary/aromatic N) is 3. The number of pyridine rings is 1. The lowest BCUT2D eigenvalue weighted by Gasteiger charge is -2.26. The predicted molar refractivity (Wildman–Crippen MR) is 132 cm³/mol. The van der Waals surface area contributed by atoms with Crippen LogP contribution in [-0.2, 0) is 0 Å². The second-order valence-electron chi connectivity index (χ2n) is 8.18. The van der Waals surface area contributed by atoms with Gasteiger partial charge in [-0.3, -0.25) is 9.55 Å². The molecule has 6 aromatic rings. The minimum Gasteiger partial charge on any atom is -0.347 e. The van der Waals surface area contributed by atoms with E-state index >= 15 is 0 Å². The van der Waals surface area contributed by atoms with E-state index in [-0.39, 0.29) is 6.17 Å². The molecule has 0 aliphatic carbocycles. The van der Waals surface area contributed by atoms with Gasteiger partial charge in [-0.05, 0) is 36.4 Å². The first-order chi connectivity index (χ1) is 15.9. The predicted octanol–water partition coefficient (Wildman–Crippen LogP) is 6.45. The van der Waals surface area contributed by atoms with Crippen molar-refractivity contribution in [1.82, 2.24) is 19.4 Å². The quantitative estimate of drug-likeness (QED) is 0.354. The first-order valence-corrected chi connectivity index (χ1v) is 10.9. The number of dihydropyridines is 1. The fourth-order valence-corrected chi connectivity index (χ4v) is 5.12. The van der Waals surface area contributed by atoms with E-state index in [2.05, 4.69) is 117 Å². The molecule has 0 fully saturated rings. The molecular formula is C28H20N4. The molecule has 0 amide bonds. The van der Waals surface area contributed by atoms with Crippen LogP contribution in [0, 0.1) is 0 Å². The second-order valence-corrected chi connectivity index (χ2v) is 8.18. The Balaban J connectivity index is 1.43. The minimum absolute atomic E-state index is 0.00199. The number of hydrogen-bond donors (Lipinski definition) is 1. The largest absolute Gasteiger partial charge is 0.347 e. The van der Waals surface area contributed by atoms with E-state index in [4.69, 9.17) is 0 Å². The SMILES string of the molecule is C1=CC(n2c3ccccc3c3ccccc32)NC(n2c3ccccc3c3cnccc32)=C1. The van der Waals surface area contributed by atoms with Crippen molar-refractivity contribution >= 4 is 49.4 Å². The third kappa shape index (κ3) is 2.35. The standard InChI is InChI=1S/C28H20N4/c1-4-11-23-19(8-1)20-9-2-5-12-24(20)31(23)27-14-7-15-28(30-27)32-25-13-6-3-10-21(25)22-18-29-17-16-26(22)32/h1-18,27,30H. The normalized spacial score (nSPS) is 16.1. The van der Waals surface area contributed by atoms with E-state index in [1.807, 2.05) is 12.4 Å². The Morgan fingerprint density at radius 3 is 1.97 bits per heavy atom. The van der Waals surface area contributed by atoms with Crippen molar-refractivity contribution in [3.05, 3.63) is 109 Å². The summed E-state index contributed by atoms with van der Waals surface area (Å²) in [4.78, 5) is 4.37. The van der Waals surface area contributed by atoms with Crippen LogP contribution in [0.4, 0.5) is 0 Å². The Morgan fingerprint density at radius 1 is 0.656 bits per heavy atom. The van der Waals surface area contributed by atoms with Crippen LogP contribution in [0.1, 0.15) is 6.17 Å². The number of fused-ring (bicyclic) bond motifs is 6. The van der Waals surface area contributed by atoms with Gasteiger partial charge in [-0.15, -0.1) is 0 Å². The average Bonchev–Trinajstić information content (AvgIpc) is 3.37. The molecule has 3 aromatic heterocycles. The summed E-state index contributed by atoms with van der Waals surface area (Å²) in [6.07, 6.45) is 10.3. The lowest BCUT2D eigenvalue weighted by Crippen LogP contribution is -2.28. The molecule has 0 bridgehead atoms. The molecule has 4 heteroatoms. The maximum absolute atomic E-state index is 4.37. The van der Waals surface area contributed by atoms with Gasteiger partial charge in [-0.1, -0.05) is 60.7 Å². The molecule has 4 nitrogen and oxygen atoms in total. The van der Waals surface area contributed by atoms with Crippen LogP contribution >= 0.6 is 0 Å². The molecule has 4 heterocycles. The molecule has 0 spiro atoms. The van der Waals surface area contributed by atoms with Crippen LogP contribution < -0.4 is 5.32 Å². The van der Waals surface area contributed by atoms with Gasteiger partial charge in [-0.2, -0.15) is 0 Å². The minimum atomic E-state index is -0.00199. The second kappa shape index (κ2) is 6.59. The molecule has 0 saturated heterocycles. The van der Waals surface area contributed by atoms with Gasteiger partial charge in [0.25, 0.3) is 0 Å². The number of para-hydroxylation sites is 3. The first-order valence-electron chi connectivity index (χ1n) is 10.9. The van der Waals surface area contributed by atoms with Crippen LogP contribution in [0.3, 0.4) is 0 Å². The summed E-state index contributed by atoms with van der Waals surface area (Å²) in [6.45, 7) is 0. The van der Waals surface area contributed by atoms with Crippen molar-refractivity contribution in [1.29, 1.82) is 0 Å². The van der Waals surface area contributed by atoms with Crippen molar-refractivity contribution in [2.24, 2.45) is 0 Å². The molecule has 0 radical (unpaired) electrons. The number of nitrogens with one attached hydrogen (secondary N) is 1. The molecule has 0 saturated carbocycles. The van der Waals surface area contributed by atoms with Crippen molar-refractivity contribution in [3.8, 4) is 0 Å². The van der Waals surface area contributed by atoms with E-state index in [1.165, 1.54) is 32.7 Å². The summed E-state index contributed by atoms with van der Waals surface area (Å²) < 4.78 is 4.69. The zero-order chi connectivity index (χ0) is 21.1. The molecular weight excluding hydrogens is 392 g/mol. The van der Waals surface area contributed by atoms with Crippen LogP contribution in [0.25, 0.3) is 49.4 Å². The van der Waals surface area contributed by atoms with Crippen LogP contribution in [0.2, 0.25) is 0 Å². The summed E-state index contributed by atoms with van der Waals surface area (Å²) in [5, 5.41) is 8.73. The van der Waals surface area contributed by atoms with Gasteiger partial charge in [0.15, 0.2) is 0 Å². The summed E-state index contributed by atoms with van der Waals surface area (Å²) >= 11 is 0. The molecule has 1 N–H and O–H groups in total. The van der Waals surface area contributed by atoms with Gasteiger partial charge in [0.05, 0.1) is 22.1 Å². The Labute approximate surface area is 184 Å². The maximum Gasteiger partial charge on any atom is 0.124 e. The highest BCUT2D eigenvalue weighted by molar-refractivity contribution is 6.10. The van der Waals surface area contributed by atoms with Crippen molar-refractivity contribution in [3.63, 3.8) is 0 Å². The molecule has 1 unspecified atom stereocenters. The lowest BCUT2D eigenvalue weighted by molar-refractivity contribution is 0.577. The average molecular weight is 412 g/mol. The number of allylic oxidation sites excluding steroid dienone is 2. The van der Waals surface area contributed by atoms with E-state index < -0.39 is 0 Å². The Morgan fingerprint density at radius 2 is 1.25 bits per heavy atom. The highest BCUT2D eigenvalue weighted by Gasteiger charge is 2.21. The molecule has 32 heavy (non-hydrogen) atoms. The van der Waals surface area contributed by atoms with Crippen molar-refractivity contribution in [2.75, 3.05) is 0 Å². The first kappa shape index (κ1) is 17.4. The summed E-state index contributed by atoms with van der Waals surface area (Å²) in [7, 11) is 0. The van der Waals surface area contributed by atoms with Gasteiger partial charge in [0.1, 0.15) is 12.0 Å². The van der Waals surface area contributed by atoms with E-state index in [0.717, 1.165) is 16.7 Å². The molecule has 1 atom stereocenters. The molecule has 152 valence electrons. The fraction of sp³-hybridized carbons (Fsp3) is 0.0357. The van der Waals surface area contributed by atoms with Gasteiger partial charge >= 0.3 is 0 Å². The lowest BCUT2D eigenvalue weighted by atomic mass is 10.2.